The monoisotopic (exact) mass is 292 g/mol. The van der Waals surface area contributed by atoms with Gasteiger partial charge in [0.05, 0.1) is 29.9 Å². The van der Waals surface area contributed by atoms with Crippen LogP contribution in [-0.2, 0) is 9.53 Å². The smallest absolute Gasteiger partial charge is 0.230 e. The highest BCUT2D eigenvalue weighted by molar-refractivity contribution is 5.92. The third-order valence-electron chi connectivity index (χ3n) is 4.50. The van der Waals surface area contributed by atoms with E-state index in [2.05, 4.69) is 22.7 Å². The Morgan fingerprint density at radius 1 is 1.48 bits per heavy atom. The van der Waals surface area contributed by atoms with Crippen molar-refractivity contribution in [1.29, 1.82) is 0 Å². The Morgan fingerprint density at radius 2 is 2.29 bits per heavy atom. The molecule has 1 aromatic rings. The number of anilines is 1. The van der Waals surface area contributed by atoms with Gasteiger partial charge in [-0.15, -0.1) is 0 Å². The van der Waals surface area contributed by atoms with Crippen molar-refractivity contribution in [1.82, 2.24) is 15.1 Å². The lowest BCUT2D eigenvalue weighted by molar-refractivity contribution is -0.121. The normalized spacial score (nSPS) is 26.9. The van der Waals surface area contributed by atoms with Gasteiger partial charge in [-0.05, 0) is 38.8 Å². The van der Waals surface area contributed by atoms with Crippen molar-refractivity contribution >= 4 is 11.6 Å². The highest BCUT2D eigenvalue weighted by Gasteiger charge is 2.32. The lowest BCUT2D eigenvalue weighted by atomic mass is 9.99. The lowest BCUT2D eigenvalue weighted by Gasteiger charge is -2.22. The number of hydrogen-bond donors (Lipinski definition) is 2. The second kappa shape index (κ2) is 6.58. The van der Waals surface area contributed by atoms with Crippen molar-refractivity contribution in [3.05, 3.63) is 12.4 Å². The van der Waals surface area contributed by atoms with E-state index >= 15 is 0 Å². The number of piperidine rings is 1. The molecule has 6 heteroatoms. The van der Waals surface area contributed by atoms with Crippen molar-refractivity contribution in [2.45, 2.75) is 44.8 Å². The van der Waals surface area contributed by atoms with Crippen LogP contribution in [0.1, 0.15) is 38.6 Å². The van der Waals surface area contributed by atoms with Crippen LogP contribution in [-0.4, -0.2) is 41.5 Å². The molecule has 2 atom stereocenters. The van der Waals surface area contributed by atoms with Gasteiger partial charge in [0.15, 0.2) is 0 Å². The SMILES string of the molecule is CCC1OCCC1C(=O)Nc1cnn(C2CCNCC2)c1. The average Bonchev–Trinajstić information content (AvgIpc) is 3.16. The molecule has 0 bridgehead atoms. The topological polar surface area (TPSA) is 68.2 Å². The van der Waals surface area contributed by atoms with Gasteiger partial charge in [0.1, 0.15) is 0 Å². The number of nitrogens with one attached hydrogen (secondary N) is 2. The zero-order chi connectivity index (χ0) is 14.7. The van der Waals surface area contributed by atoms with E-state index in [9.17, 15) is 4.79 Å². The maximum atomic E-state index is 12.3. The van der Waals surface area contributed by atoms with E-state index in [1.807, 2.05) is 10.9 Å². The molecule has 1 amide bonds. The van der Waals surface area contributed by atoms with Gasteiger partial charge in [-0.25, -0.2) is 0 Å². The van der Waals surface area contributed by atoms with E-state index in [0.29, 0.717) is 12.6 Å². The Hall–Kier alpha value is -1.40. The van der Waals surface area contributed by atoms with E-state index < -0.39 is 0 Å². The standard InChI is InChI=1S/C15H24N4O2/c1-2-14-13(5-8-21-14)15(20)18-11-9-17-19(10-11)12-3-6-16-7-4-12/h9-10,12-14,16H,2-8H2,1H3,(H,18,20). The van der Waals surface area contributed by atoms with Crippen LogP contribution in [0.3, 0.4) is 0 Å². The van der Waals surface area contributed by atoms with Gasteiger partial charge < -0.3 is 15.4 Å². The summed E-state index contributed by atoms with van der Waals surface area (Å²) < 4.78 is 7.57. The fourth-order valence-corrected chi connectivity index (χ4v) is 3.26. The third-order valence-corrected chi connectivity index (χ3v) is 4.50. The zero-order valence-corrected chi connectivity index (χ0v) is 12.5. The molecule has 6 nitrogen and oxygen atoms in total. The first-order chi connectivity index (χ1) is 10.3. The molecule has 0 saturated carbocycles. The van der Waals surface area contributed by atoms with E-state index in [1.54, 1.807) is 6.20 Å². The Labute approximate surface area is 125 Å². The minimum absolute atomic E-state index is 0.0303. The van der Waals surface area contributed by atoms with Crippen LogP contribution in [0.5, 0.6) is 0 Å². The van der Waals surface area contributed by atoms with Gasteiger partial charge in [-0.3, -0.25) is 9.48 Å². The molecule has 116 valence electrons. The van der Waals surface area contributed by atoms with E-state index in [0.717, 1.165) is 44.5 Å². The fourth-order valence-electron chi connectivity index (χ4n) is 3.26. The molecule has 3 rings (SSSR count). The summed E-state index contributed by atoms with van der Waals surface area (Å²) in [6.07, 6.45) is 7.62. The number of aromatic nitrogens is 2. The van der Waals surface area contributed by atoms with Crippen LogP contribution in [0.2, 0.25) is 0 Å². The molecule has 0 radical (unpaired) electrons. The number of carbonyl (C=O) groups is 1. The second-order valence-corrected chi connectivity index (χ2v) is 5.89. The van der Waals surface area contributed by atoms with Gasteiger partial charge in [-0.1, -0.05) is 6.92 Å². The summed E-state index contributed by atoms with van der Waals surface area (Å²) in [5.41, 5.74) is 0.792. The summed E-state index contributed by atoms with van der Waals surface area (Å²) in [6, 6.07) is 0.440. The van der Waals surface area contributed by atoms with Crippen LogP contribution in [0.4, 0.5) is 5.69 Å². The molecule has 2 aliphatic heterocycles. The Balaban J connectivity index is 1.60. The van der Waals surface area contributed by atoms with E-state index in [4.69, 9.17) is 4.74 Å². The Morgan fingerprint density at radius 3 is 3.05 bits per heavy atom. The van der Waals surface area contributed by atoms with Crippen LogP contribution in [0.15, 0.2) is 12.4 Å². The van der Waals surface area contributed by atoms with Crippen molar-refractivity contribution in [2.75, 3.05) is 25.0 Å². The number of hydrogen-bond acceptors (Lipinski definition) is 4. The Kier molecular flexibility index (Phi) is 4.55. The number of carbonyl (C=O) groups excluding carboxylic acids is 1. The summed E-state index contributed by atoms with van der Waals surface area (Å²) in [5.74, 6) is 0.0291. The first-order valence-electron chi connectivity index (χ1n) is 7.95. The van der Waals surface area contributed by atoms with E-state index in [-0.39, 0.29) is 17.9 Å². The van der Waals surface area contributed by atoms with Gasteiger partial charge in [0.25, 0.3) is 0 Å². The van der Waals surface area contributed by atoms with Crippen molar-refractivity contribution in [2.24, 2.45) is 5.92 Å². The first-order valence-corrected chi connectivity index (χ1v) is 7.95. The minimum Gasteiger partial charge on any atom is -0.377 e. The number of amides is 1. The summed E-state index contributed by atoms with van der Waals surface area (Å²) in [6.45, 7) is 4.81. The minimum atomic E-state index is -0.0303. The average molecular weight is 292 g/mol. The summed E-state index contributed by atoms with van der Waals surface area (Å²) in [4.78, 5) is 12.3. The Bertz CT molecular complexity index is 482. The first kappa shape index (κ1) is 14.5. The third kappa shape index (κ3) is 3.27. The summed E-state index contributed by atoms with van der Waals surface area (Å²) in [7, 11) is 0. The molecule has 0 spiro atoms. The molecule has 2 unspecified atom stereocenters. The van der Waals surface area contributed by atoms with E-state index in [1.165, 1.54) is 0 Å². The predicted molar refractivity (Wildman–Crippen MR) is 80.1 cm³/mol. The summed E-state index contributed by atoms with van der Waals surface area (Å²) >= 11 is 0. The van der Waals surface area contributed by atoms with Crippen molar-refractivity contribution < 1.29 is 9.53 Å². The van der Waals surface area contributed by atoms with Gasteiger partial charge in [-0.2, -0.15) is 5.10 Å². The van der Waals surface area contributed by atoms with Crippen LogP contribution in [0, 0.1) is 5.92 Å². The van der Waals surface area contributed by atoms with Gasteiger partial charge in [0, 0.05) is 12.8 Å². The molecular weight excluding hydrogens is 268 g/mol. The maximum absolute atomic E-state index is 12.3. The predicted octanol–water partition coefficient (Wildman–Crippen LogP) is 1.56. The molecular formula is C15H24N4O2. The molecule has 0 aliphatic carbocycles. The molecule has 1 aromatic heterocycles. The molecule has 0 aromatic carbocycles. The van der Waals surface area contributed by atoms with Gasteiger partial charge >= 0.3 is 0 Å². The molecule has 3 heterocycles. The van der Waals surface area contributed by atoms with Crippen LogP contribution in [0.25, 0.3) is 0 Å². The molecule has 2 N–H and O–H groups in total. The maximum Gasteiger partial charge on any atom is 0.230 e. The number of nitrogens with zero attached hydrogens (tertiary/aromatic N) is 2. The van der Waals surface area contributed by atoms with Crippen molar-refractivity contribution in [3.63, 3.8) is 0 Å². The highest BCUT2D eigenvalue weighted by atomic mass is 16.5. The summed E-state index contributed by atoms with van der Waals surface area (Å²) in [5, 5.41) is 10.7. The molecule has 21 heavy (non-hydrogen) atoms. The molecule has 2 aliphatic rings. The van der Waals surface area contributed by atoms with Gasteiger partial charge in [0.2, 0.25) is 5.91 Å². The number of ether oxygens (including phenoxy) is 1. The van der Waals surface area contributed by atoms with Crippen LogP contribution < -0.4 is 10.6 Å². The highest BCUT2D eigenvalue weighted by Crippen LogP contribution is 2.25. The second-order valence-electron chi connectivity index (χ2n) is 5.89. The van der Waals surface area contributed by atoms with Crippen molar-refractivity contribution in [3.8, 4) is 0 Å². The zero-order valence-electron chi connectivity index (χ0n) is 12.5. The fraction of sp³-hybridized carbons (Fsp3) is 0.733. The van der Waals surface area contributed by atoms with Crippen LogP contribution >= 0.6 is 0 Å². The quantitative estimate of drug-likeness (QED) is 0.884. The molecule has 2 fully saturated rings. The lowest BCUT2D eigenvalue weighted by Crippen LogP contribution is -2.30. The molecule has 2 saturated heterocycles. The largest absolute Gasteiger partial charge is 0.377 e. The number of rotatable bonds is 4.